The lowest BCUT2D eigenvalue weighted by Crippen LogP contribution is -2.31. The van der Waals surface area contributed by atoms with Crippen LogP contribution in [0.2, 0.25) is 0 Å². The second-order valence-corrected chi connectivity index (χ2v) is 5.05. The Labute approximate surface area is 116 Å². The van der Waals surface area contributed by atoms with Gasteiger partial charge in [0.1, 0.15) is 11.5 Å². The van der Waals surface area contributed by atoms with E-state index in [1.807, 2.05) is 18.2 Å². The zero-order chi connectivity index (χ0) is 14.3. The molecule has 0 heterocycles. The smallest absolute Gasteiger partial charge is 0.123 e. The number of ether oxygens (including phenoxy) is 2. The average molecular weight is 266 g/mol. The summed E-state index contributed by atoms with van der Waals surface area (Å²) < 4.78 is 10.6. The molecule has 0 fully saturated rings. The van der Waals surface area contributed by atoms with Gasteiger partial charge in [0.15, 0.2) is 0 Å². The van der Waals surface area contributed by atoms with Gasteiger partial charge in [0.2, 0.25) is 0 Å². The van der Waals surface area contributed by atoms with Gasteiger partial charge in [0, 0.05) is 12.1 Å². The summed E-state index contributed by atoms with van der Waals surface area (Å²) in [6.07, 6.45) is 0. The van der Waals surface area contributed by atoms with Gasteiger partial charge in [-0.25, -0.2) is 0 Å². The van der Waals surface area contributed by atoms with Crippen LogP contribution in [-0.2, 0) is 6.54 Å². The van der Waals surface area contributed by atoms with Gasteiger partial charge in [-0.2, -0.15) is 0 Å². The highest BCUT2D eigenvalue weighted by molar-refractivity contribution is 5.40. The van der Waals surface area contributed by atoms with Crippen molar-refractivity contribution in [3.63, 3.8) is 0 Å². The molecule has 0 aliphatic carbocycles. The van der Waals surface area contributed by atoms with Crippen molar-refractivity contribution in [3.8, 4) is 11.5 Å². The molecule has 1 rings (SSSR count). The molecule has 1 aromatic rings. The first-order valence-electron chi connectivity index (χ1n) is 6.74. The van der Waals surface area contributed by atoms with Crippen LogP contribution in [0.15, 0.2) is 18.2 Å². The van der Waals surface area contributed by atoms with Crippen molar-refractivity contribution >= 4 is 0 Å². The monoisotopic (exact) mass is 266 g/mol. The van der Waals surface area contributed by atoms with Crippen molar-refractivity contribution in [2.24, 2.45) is 17.6 Å². The molecular formula is C15H26N2O2. The van der Waals surface area contributed by atoms with Crippen LogP contribution in [0.5, 0.6) is 11.5 Å². The zero-order valence-corrected chi connectivity index (χ0v) is 12.4. The minimum Gasteiger partial charge on any atom is -0.497 e. The van der Waals surface area contributed by atoms with Gasteiger partial charge in [0.25, 0.3) is 0 Å². The summed E-state index contributed by atoms with van der Waals surface area (Å²) >= 11 is 0. The maximum Gasteiger partial charge on any atom is 0.123 e. The van der Waals surface area contributed by atoms with Crippen LogP contribution < -0.4 is 20.5 Å². The summed E-state index contributed by atoms with van der Waals surface area (Å²) in [4.78, 5) is 0. The topological polar surface area (TPSA) is 56.5 Å². The van der Waals surface area contributed by atoms with Gasteiger partial charge in [-0.05, 0) is 43.1 Å². The number of hydrogen-bond acceptors (Lipinski definition) is 4. The normalized spacial score (nSPS) is 12.5. The molecule has 0 aliphatic rings. The Balaban J connectivity index is 2.60. The molecule has 19 heavy (non-hydrogen) atoms. The van der Waals surface area contributed by atoms with Crippen molar-refractivity contribution in [1.29, 1.82) is 0 Å². The molecule has 0 amide bonds. The van der Waals surface area contributed by atoms with Gasteiger partial charge < -0.3 is 20.5 Å². The third-order valence-corrected chi connectivity index (χ3v) is 3.46. The number of hydrogen-bond donors (Lipinski definition) is 2. The van der Waals surface area contributed by atoms with E-state index in [1.54, 1.807) is 14.2 Å². The van der Waals surface area contributed by atoms with E-state index >= 15 is 0 Å². The highest BCUT2D eigenvalue weighted by atomic mass is 16.5. The first kappa shape index (κ1) is 15.8. The van der Waals surface area contributed by atoms with E-state index in [0.717, 1.165) is 30.2 Å². The fourth-order valence-electron chi connectivity index (χ4n) is 2.00. The molecule has 1 unspecified atom stereocenters. The third-order valence-electron chi connectivity index (χ3n) is 3.46. The van der Waals surface area contributed by atoms with Crippen molar-refractivity contribution in [3.05, 3.63) is 23.8 Å². The Bertz CT molecular complexity index is 380. The van der Waals surface area contributed by atoms with Gasteiger partial charge in [-0.15, -0.1) is 0 Å². The Morgan fingerprint density at radius 1 is 1.21 bits per heavy atom. The van der Waals surface area contributed by atoms with E-state index in [2.05, 4.69) is 19.2 Å². The highest BCUT2D eigenvalue weighted by Gasteiger charge is 2.11. The maximum atomic E-state index is 5.77. The van der Waals surface area contributed by atoms with Crippen LogP contribution in [0, 0.1) is 11.8 Å². The van der Waals surface area contributed by atoms with Crippen LogP contribution in [0.1, 0.15) is 19.4 Å². The van der Waals surface area contributed by atoms with Gasteiger partial charge >= 0.3 is 0 Å². The fraction of sp³-hybridized carbons (Fsp3) is 0.600. The lowest BCUT2D eigenvalue weighted by molar-refractivity contribution is 0.365. The molecule has 0 bridgehead atoms. The number of rotatable bonds is 8. The average Bonchev–Trinajstić information content (AvgIpc) is 2.42. The van der Waals surface area contributed by atoms with Gasteiger partial charge in [-0.1, -0.05) is 13.8 Å². The van der Waals surface area contributed by atoms with Crippen LogP contribution in [0.25, 0.3) is 0 Å². The number of nitrogens with two attached hydrogens (primary N) is 1. The SMILES string of the molecule is COc1ccc(OC)c(CNCC(CN)C(C)C)c1. The van der Waals surface area contributed by atoms with E-state index in [9.17, 15) is 0 Å². The van der Waals surface area contributed by atoms with Crippen molar-refractivity contribution in [2.75, 3.05) is 27.3 Å². The predicted molar refractivity (Wildman–Crippen MR) is 78.6 cm³/mol. The summed E-state index contributed by atoms with van der Waals surface area (Å²) in [6, 6.07) is 5.83. The van der Waals surface area contributed by atoms with Crippen molar-refractivity contribution < 1.29 is 9.47 Å². The summed E-state index contributed by atoms with van der Waals surface area (Å²) in [5, 5.41) is 3.44. The van der Waals surface area contributed by atoms with E-state index in [0.29, 0.717) is 18.4 Å². The number of benzene rings is 1. The predicted octanol–water partition coefficient (Wildman–Crippen LogP) is 2.02. The molecular weight excluding hydrogens is 240 g/mol. The minimum atomic E-state index is 0.497. The summed E-state index contributed by atoms with van der Waals surface area (Å²) in [5.41, 5.74) is 6.87. The Kier molecular flexibility index (Phi) is 6.67. The lowest BCUT2D eigenvalue weighted by Gasteiger charge is -2.20. The molecule has 1 atom stereocenters. The van der Waals surface area contributed by atoms with Gasteiger partial charge in [-0.3, -0.25) is 0 Å². The lowest BCUT2D eigenvalue weighted by atomic mass is 9.96. The summed E-state index contributed by atoms with van der Waals surface area (Å²) in [5.74, 6) is 2.81. The molecule has 0 radical (unpaired) electrons. The van der Waals surface area contributed by atoms with Crippen molar-refractivity contribution in [1.82, 2.24) is 5.32 Å². The molecule has 0 aromatic heterocycles. The first-order chi connectivity index (χ1) is 9.12. The van der Waals surface area contributed by atoms with Crippen LogP contribution in [0.3, 0.4) is 0 Å². The summed E-state index contributed by atoms with van der Waals surface area (Å²) in [6.45, 7) is 6.77. The van der Waals surface area contributed by atoms with Crippen LogP contribution >= 0.6 is 0 Å². The number of nitrogens with one attached hydrogen (secondary N) is 1. The molecule has 0 saturated heterocycles. The molecule has 4 heteroatoms. The van der Waals surface area contributed by atoms with E-state index in [1.165, 1.54) is 0 Å². The van der Waals surface area contributed by atoms with E-state index < -0.39 is 0 Å². The van der Waals surface area contributed by atoms with Crippen LogP contribution in [-0.4, -0.2) is 27.3 Å². The number of methoxy groups -OCH3 is 2. The third kappa shape index (κ3) is 4.73. The Hall–Kier alpha value is -1.26. The fourth-order valence-corrected chi connectivity index (χ4v) is 2.00. The quantitative estimate of drug-likeness (QED) is 0.756. The zero-order valence-electron chi connectivity index (χ0n) is 12.4. The Morgan fingerprint density at radius 3 is 2.47 bits per heavy atom. The largest absolute Gasteiger partial charge is 0.497 e. The highest BCUT2D eigenvalue weighted by Crippen LogP contribution is 2.23. The molecule has 0 aliphatic heterocycles. The molecule has 0 spiro atoms. The molecule has 108 valence electrons. The second-order valence-electron chi connectivity index (χ2n) is 5.05. The molecule has 1 aromatic carbocycles. The maximum absolute atomic E-state index is 5.77. The minimum absolute atomic E-state index is 0.497. The molecule has 3 N–H and O–H groups in total. The molecule has 4 nitrogen and oxygen atoms in total. The Morgan fingerprint density at radius 2 is 1.95 bits per heavy atom. The summed E-state index contributed by atoms with van der Waals surface area (Å²) in [7, 11) is 3.35. The second kappa shape index (κ2) is 8.02. The van der Waals surface area contributed by atoms with E-state index in [-0.39, 0.29) is 0 Å². The van der Waals surface area contributed by atoms with E-state index in [4.69, 9.17) is 15.2 Å². The van der Waals surface area contributed by atoms with Crippen molar-refractivity contribution in [2.45, 2.75) is 20.4 Å². The first-order valence-corrected chi connectivity index (χ1v) is 6.74. The standard InChI is InChI=1S/C15H26N2O2/c1-11(2)13(8-16)10-17-9-12-7-14(18-3)5-6-15(12)19-4/h5-7,11,13,17H,8-10,16H2,1-4H3. The van der Waals surface area contributed by atoms with Crippen LogP contribution in [0.4, 0.5) is 0 Å². The molecule has 0 saturated carbocycles. The van der Waals surface area contributed by atoms with Gasteiger partial charge in [0.05, 0.1) is 14.2 Å².